The third-order valence-corrected chi connectivity index (χ3v) is 2.80. The van der Waals surface area contributed by atoms with E-state index >= 15 is 0 Å². The number of benzene rings is 1. The molecular formula is C14H17ClN2O2. The highest BCUT2D eigenvalue weighted by molar-refractivity contribution is 6.30. The van der Waals surface area contributed by atoms with Crippen LogP contribution < -0.4 is 10.1 Å². The van der Waals surface area contributed by atoms with Gasteiger partial charge in [-0.05, 0) is 24.6 Å². The SMILES string of the molecule is Cc1ccc(Cl)cc1Oc1nc(CNC(C)C)co1. The van der Waals surface area contributed by atoms with E-state index in [4.69, 9.17) is 20.8 Å². The molecule has 4 nitrogen and oxygen atoms in total. The fourth-order valence-electron chi connectivity index (χ4n) is 1.50. The van der Waals surface area contributed by atoms with Gasteiger partial charge in [-0.25, -0.2) is 0 Å². The van der Waals surface area contributed by atoms with Gasteiger partial charge in [0.1, 0.15) is 12.0 Å². The van der Waals surface area contributed by atoms with E-state index in [1.54, 1.807) is 12.3 Å². The molecule has 19 heavy (non-hydrogen) atoms. The Labute approximate surface area is 117 Å². The molecule has 0 atom stereocenters. The van der Waals surface area contributed by atoms with Gasteiger partial charge in [0, 0.05) is 17.6 Å². The van der Waals surface area contributed by atoms with E-state index in [2.05, 4.69) is 24.1 Å². The molecule has 0 amide bonds. The fourth-order valence-corrected chi connectivity index (χ4v) is 1.67. The van der Waals surface area contributed by atoms with Crippen molar-refractivity contribution in [3.63, 3.8) is 0 Å². The zero-order valence-electron chi connectivity index (χ0n) is 11.2. The number of aryl methyl sites for hydroxylation is 1. The molecule has 1 N–H and O–H groups in total. The topological polar surface area (TPSA) is 47.3 Å². The van der Waals surface area contributed by atoms with Gasteiger partial charge in [0.25, 0.3) is 0 Å². The summed E-state index contributed by atoms with van der Waals surface area (Å²) in [5, 5.41) is 3.88. The number of hydrogen-bond acceptors (Lipinski definition) is 4. The van der Waals surface area contributed by atoms with Crippen molar-refractivity contribution in [1.29, 1.82) is 0 Å². The summed E-state index contributed by atoms with van der Waals surface area (Å²) in [6, 6.07) is 5.85. The quantitative estimate of drug-likeness (QED) is 0.901. The van der Waals surface area contributed by atoms with Gasteiger partial charge in [0.15, 0.2) is 0 Å². The second-order valence-corrected chi connectivity index (χ2v) is 5.09. The number of ether oxygens (including phenoxy) is 1. The first-order chi connectivity index (χ1) is 9.04. The van der Waals surface area contributed by atoms with Crippen molar-refractivity contribution < 1.29 is 9.15 Å². The van der Waals surface area contributed by atoms with Crippen LogP contribution in [0.5, 0.6) is 11.8 Å². The number of nitrogens with zero attached hydrogens (tertiary/aromatic N) is 1. The Morgan fingerprint density at radius 3 is 2.95 bits per heavy atom. The van der Waals surface area contributed by atoms with Crippen molar-refractivity contribution in [2.45, 2.75) is 33.4 Å². The van der Waals surface area contributed by atoms with Crippen LogP contribution in [0.25, 0.3) is 0 Å². The van der Waals surface area contributed by atoms with Crippen LogP contribution in [0, 0.1) is 6.92 Å². The first-order valence-electron chi connectivity index (χ1n) is 6.16. The summed E-state index contributed by atoms with van der Waals surface area (Å²) in [4.78, 5) is 4.25. The van der Waals surface area contributed by atoms with Crippen LogP contribution in [0.15, 0.2) is 28.9 Å². The van der Waals surface area contributed by atoms with Gasteiger partial charge >= 0.3 is 6.08 Å². The van der Waals surface area contributed by atoms with E-state index in [-0.39, 0.29) is 6.08 Å². The molecule has 5 heteroatoms. The molecule has 0 aliphatic rings. The maximum Gasteiger partial charge on any atom is 0.399 e. The monoisotopic (exact) mass is 280 g/mol. The minimum atomic E-state index is 0.228. The first kappa shape index (κ1) is 13.9. The molecule has 0 aliphatic carbocycles. The van der Waals surface area contributed by atoms with Crippen molar-refractivity contribution >= 4 is 11.6 Å². The molecule has 1 heterocycles. The maximum absolute atomic E-state index is 5.93. The predicted octanol–water partition coefficient (Wildman–Crippen LogP) is 3.93. The molecule has 0 radical (unpaired) electrons. The highest BCUT2D eigenvalue weighted by Crippen LogP contribution is 2.27. The number of hydrogen-bond donors (Lipinski definition) is 1. The number of nitrogens with one attached hydrogen (secondary N) is 1. The van der Waals surface area contributed by atoms with E-state index in [0.717, 1.165) is 11.3 Å². The van der Waals surface area contributed by atoms with E-state index in [1.807, 2.05) is 19.1 Å². The molecule has 102 valence electrons. The molecule has 0 aliphatic heterocycles. The fraction of sp³-hybridized carbons (Fsp3) is 0.357. The highest BCUT2D eigenvalue weighted by Gasteiger charge is 2.09. The Balaban J connectivity index is 2.05. The van der Waals surface area contributed by atoms with Crippen molar-refractivity contribution in [3.05, 3.63) is 40.7 Å². The van der Waals surface area contributed by atoms with Gasteiger partial charge in [-0.15, -0.1) is 0 Å². The minimum absolute atomic E-state index is 0.228. The van der Waals surface area contributed by atoms with Crippen LogP contribution in [0.2, 0.25) is 5.02 Å². The molecule has 2 aromatic rings. The Morgan fingerprint density at radius 1 is 1.42 bits per heavy atom. The molecule has 1 aromatic carbocycles. The van der Waals surface area contributed by atoms with E-state index < -0.39 is 0 Å². The lowest BCUT2D eigenvalue weighted by atomic mass is 10.2. The summed E-state index contributed by atoms with van der Waals surface area (Å²) >= 11 is 5.93. The van der Waals surface area contributed by atoms with Crippen LogP contribution in [-0.2, 0) is 6.54 Å². The molecule has 0 unspecified atom stereocenters. The number of aromatic nitrogens is 1. The van der Waals surface area contributed by atoms with Crippen molar-refractivity contribution in [2.75, 3.05) is 0 Å². The second-order valence-electron chi connectivity index (χ2n) is 4.65. The van der Waals surface area contributed by atoms with Crippen LogP contribution in [0.3, 0.4) is 0 Å². The summed E-state index contributed by atoms with van der Waals surface area (Å²) in [7, 11) is 0. The van der Waals surface area contributed by atoms with Gasteiger partial charge in [0.2, 0.25) is 0 Å². The molecular weight excluding hydrogens is 264 g/mol. The second kappa shape index (κ2) is 6.08. The van der Waals surface area contributed by atoms with Crippen molar-refractivity contribution in [2.24, 2.45) is 0 Å². The summed E-state index contributed by atoms with van der Waals surface area (Å²) in [6.07, 6.45) is 1.82. The Morgan fingerprint density at radius 2 is 2.21 bits per heavy atom. The number of rotatable bonds is 5. The van der Waals surface area contributed by atoms with Crippen LogP contribution in [-0.4, -0.2) is 11.0 Å². The first-order valence-corrected chi connectivity index (χ1v) is 6.54. The molecule has 2 rings (SSSR count). The summed E-state index contributed by atoms with van der Waals surface area (Å²) in [5.41, 5.74) is 1.79. The van der Waals surface area contributed by atoms with E-state index in [0.29, 0.717) is 23.4 Å². The van der Waals surface area contributed by atoms with Crippen molar-refractivity contribution in [1.82, 2.24) is 10.3 Å². The zero-order chi connectivity index (χ0) is 13.8. The molecule has 0 spiro atoms. The Bertz CT molecular complexity index is 552. The number of halogens is 1. The molecule has 1 aromatic heterocycles. The van der Waals surface area contributed by atoms with E-state index in [9.17, 15) is 0 Å². The van der Waals surface area contributed by atoms with Crippen LogP contribution in [0.1, 0.15) is 25.1 Å². The average molecular weight is 281 g/mol. The van der Waals surface area contributed by atoms with Gasteiger partial charge in [-0.1, -0.05) is 31.5 Å². The van der Waals surface area contributed by atoms with Gasteiger partial charge in [-0.3, -0.25) is 0 Å². The number of oxazole rings is 1. The standard InChI is InChI=1S/C14H17ClN2O2/c1-9(2)16-7-12-8-18-14(17-12)19-13-6-11(15)5-4-10(13)3/h4-6,8-9,16H,7H2,1-3H3. The predicted molar refractivity (Wildman–Crippen MR) is 74.7 cm³/mol. The Hall–Kier alpha value is -1.52. The third-order valence-electron chi connectivity index (χ3n) is 2.57. The van der Waals surface area contributed by atoms with Crippen LogP contribution >= 0.6 is 11.6 Å². The summed E-state index contributed by atoms with van der Waals surface area (Å²) in [6.45, 7) is 6.74. The van der Waals surface area contributed by atoms with Crippen LogP contribution in [0.4, 0.5) is 0 Å². The lowest BCUT2D eigenvalue weighted by molar-refractivity contribution is 0.329. The lowest BCUT2D eigenvalue weighted by Gasteiger charge is -2.05. The molecule has 0 saturated heterocycles. The smallest absolute Gasteiger partial charge is 0.399 e. The minimum Gasteiger partial charge on any atom is -0.417 e. The average Bonchev–Trinajstić information content (AvgIpc) is 2.79. The zero-order valence-corrected chi connectivity index (χ0v) is 12.0. The molecule has 0 saturated carbocycles. The van der Waals surface area contributed by atoms with E-state index in [1.165, 1.54) is 0 Å². The summed E-state index contributed by atoms with van der Waals surface area (Å²) in [5.74, 6) is 0.651. The normalized spacial score (nSPS) is 11.0. The van der Waals surface area contributed by atoms with Gasteiger partial charge in [-0.2, -0.15) is 4.98 Å². The largest absolute Gasteiger partial charge is 0.417 e. The summed E-state index contributed by atoms with van der Waals surface area (Å²) < 4.78 is 10.9. The van der Waals surface area contributed by atoms with Gasteiger partial charge < -0.3 is 14.5 Å². The Kier molecular flexibility index (Phi) is 4.45. The van der Waals surface area contributed by atoms with Gasteiger partial charge in [0.05, 0.1) is 5.69 Å². The third kappa shape index (κ3) is 3.98. The van der Waals surface area contributed by atoms with Crippen molar-refractivity contribution in [3.8, 4) is 11.8 Å². The highest BCUT2D eigenvalue weighted by atomic mass is 35.5. The molecule has 0 bridgehead atoms. The lowest BCUT2D eigenvalue weighted by Crippen LogP contribution is -2.21. The maximum atomic E-state index is 5.93. The molecule has 0 fully saturated rings.